The zero-order chi connectivity index (χ0) is 16.3. The number of halogens is 7. The van der Waals surface area contributed by atoms with E-state index in [1.54, 1.807) is 0 Å². The van der Waals surface area contributed by atoms with Gasteiger partial charge >= 0.3 is 12.4 Å². The molecule has 1 aromatic carbocycles. The fourth-order valence-electron chi connectivity index (χ4n) is 1.71. The molecule has 0 aliphatic rings. The van der Waals surface area contributed by atoms with E-state index in [9.17, 15) is 31.1 Å². The summed E-state index contributed by atoms with van der Waals surface area (Å²) in [6.45, 7) is 0. The standard InChI is InChI=1S/C13H11BrF6O/c14-6-2-1-3-11(21)9-7-8(12(15,16)17)4-5-10(9)13(18,19)20/h4-5,7H,1-3,6H2. The highest BCUT2D eigenvalue weighted by atomic mass is 79.9. The molecule has 0 saturated carbocycles. The molecule has 0 spiro atoms. The fraction of sp³-hybridized carbons (Fsp3) is 0.462. The molecule has 0 unspecified atom stereocenters. The lowest BCUT2D eigenvalue weighted by Gasteiger charge is -2.15. The van der Waals surface area contributed by atoms with Crippen molar-refractivity contribution < 1.29 is 31.1 Å². The molecule has 0 amide bonds. The van der Waals surface area contributed by atoms with E-state index >= 15 is 0 Å². The molecule has 21 heavy (non-hydrogen) atoms. The summed E-state index contributed by atoms with van der Waals surface area (Å²) < 4.78 is 76.1. The van der Waals surface area contributed by atoms with Crippen molar-refractivity contribution in [1.29, 1.82) is 0 Å². The first-order valence-corrected chi connectivity index (χ1v) is 7.07. The summed E-state index contributed by atoms with van der Waals surface area (Å²) in [5, 5.41) is 0.564. The van der Waals surface area contributed by atoms with Gasteiger partial charge in [-0.15, -0.1) is 0 Å². The fourth-order valence-corrected chi connectivity index (χ4v) is 2.11. The molecule has 0 bridgehead atoms. The Balaban J connectivity index is 3.20. The molecule has 0 aliphatic carbocycles. The highest BCUT2D eigenvalue weighted by Crippen LogP contribution is 2.37. The number of Topliss-reactive ketones (excluding diaryl/α,β-unsaturated/α-hetero) is 1. The molecule has 1 rings (SSSR count). The molecule has 0 saturated heterocycles. The van der Waals surface area contributed by atoms with Crippen LogP contribution in [0.3, 0.4) is 0 Å². The van der Waals surface area contributed by atoms with Crippen LogP contribution in [0.25, 0.3) is 0 Å². The second-order valence-electron chi connectivity index (χ2n) is 4.33. The van der Waals surface area contributed by atoms with E-state index in [4.69, 9.17) is 0 Å². The van der Waals surface area contributed by atoms with E-state index in [0.717, 1.165) is 0 Å². The van der Waals surface area contributed by atoms with Gasteiger partial charge in [0.05, 0.1) is 11.1 Å². The van der Waals surface area contributed by atoms with Crippen molar-refractivity contribution in [2.75, 3.05) is 5.33 Å². The van der Waals surface area contributed by atoms with E-state index in [1.165, 1.54) is 0 Å². The molecule has 118 valence electrons. The summed E-state index contributed by atoms with van der Waals surface area (Å²) in [5.74, 6) is -0.936. The number of benzene rings is 1. The molecule has 1 nitrogen and oxygen atoms in total. The number of unbranched alkanes of at least 4 members (excludes halogenated alkanes) is 1. The van der Waals surface area contributed by atoms with Gasteiger partial charge in [-0.3, -0.25) is 4.79 Å². The van der Waals surface area contributed by atoms with Crippen LogP contribution in [0.5, 0.6) is 0 Å². The summed E-state index contributed by atoms with van der Waals surface area (Å²) in [6, 6.07) is 0.915. The number of carbonyl (C=O) groups excluding carboxylic acids is 1. The average Bonchev–Trinajstić information content (AvgIpc) is 2.36. The Labute approximate surface area is 125 Å². The summed E-state index contributed by atoms with van der Waals surface area (Å²) in [5.41, 5.74) is -3.52. The zero-order valence-electron chi connectivity index (χ0n) is 10.6. The van der Waals surface area contributed by atoms with Crippen LogP contribution in [0.4, 0.5) is 26.3 Å². The van der Waals surface area contributed by atoms with Crippen molar-refractivity contribution in [1.82, 2.24) is 0 Å². The number of carbonyl (C=O) groups is 1. The number of ketones is 1. The molecule has 0 aliphatic heterocycles. The highest BCUT2D eigenvalue weighted by molar-refractivity contribution is 9.09. The number of rotatable bonds is 5. The Morgan fingerprint density at radius 3 is 2.10 bits per heavy atom. The average molecular weight is 377 g/mol. The van der Waals surface area contributed by atoms with Crippen LogP contribution in [-0.2, 0) is 12.4 Å². The lowest BCUT2D eigenvalue weighted by molar-refractivity contribution is -0.141. The van der Waals surface area contributed by atoms with Crippen molar-refractivity contribution in [3.63, 3.8) is 0 Å². The largest absolute Gasteiger partial charge is 0.417 e. The maximum Gasteiger partial charge on any atom is 0.417 e. The third-order valence-electron chi connectivity index (χ3n) is 2.74. The van der Waals surface area contributed by atoms with E-state index in [1.807, 2.05) is 0 Å². The predicted molar refractivity (Wildman–Crippen MR) is 68.4 cm³/mol. The molecule has 0 atom stereocenters. The number of hydrogen-bond acceptors (Lipinski definition) is 1. The molecule has 0 aromatic heterocycles. The van der Waals surface area contributed by atoms with Crippen molar-refractivity contribution in [2.24, 2.45) is 0 Å². The van der Waals surface area contributed by atoms with Gasteiger partial charge in [-0.05, 0) is 31.0 Å². The highest BCUT2D eigenvalue weighted by Gasteiger charge is 2.38. The van der Waals surface area contributed by atoms with Gasteiger partial charge in [0.1, 0.15) is 0 Å². The third-order valence-corrected chi connectivity index (χ3v) is 3.30. The van der Waals surface area contributed by atoms with Crippen LogP contribution >= 0.6 is 15.9 Å². The molecule has 0 heterocycles. The second-order valence-corrected chi connectivity index (χ2v) is 5.12. The Morgan fingerprint density at radius 2 is 1.62 bits per heavy atom. The smallest absolute Gasteiger partial charge is 0.294 e. The van der Waals surface area contributed by atoms with Crippen molar-refractivity contribution in [2.45, 2.75) is 31.6 Å². The lowest BCUT2D eigenvalue weighted by Crippen LogP contribution is -2.16. The van der Waals surface area contributed by atoms with Gasteiger partial charge in [0.15, 0.2) is 5.78 Å². The van der Waals surface area contributed by atoms with Crippen molar-refractivity contribution in [3.05, 3.63) is 34.9 Å². The Bertz CT molecular complexity index is 506. The van der Waals surface area contributed by atoms with E-state index in [0.29, 0.717) is 30.3 Å². The first kappa shape index (κ1) is 18.0. The summed E-state index contributed by atoms with van der Waals surface area (Å²) >= 11 is 3.10. The predicted octanol–water partition coefficient (Wildman–Crippen LogP) is 5.47. The molecule has 8 heteroatoms. The third kappa shape index (κ3) is 5.01. The summed E-state index contributed by atoms with van der Waals surface area (Å²) in [7, 11) is 0. The molecule has 1 aromatic rings. The van der Waals surface area contributed by atoms with Gasteiger partial charge < -0.3 is 0 Å². The van der Waals surface area contributed by atoms with Crippen LogP contribution in [0.2, 0.25) is 0 Å². The quantitative estimate of drug-likeness (QED) is 0.288. The maximum atomic E-state index is 12.8. The number of hydrogen-bond donors (Lipinski definition) is 0. The van der Waals surface area contributed by atoms with Gasteiger partial charge in [0.2, 0.25) is 0 Å². The van der Waals surface area contributed by atoms with Crippen LogP contribution in [-0.4, -0.2) is 11.1 Å². The summed E-state index contributed by atoms with van der Waals surface area (Å²) in [4.78, 5) is 11.8. The van der Waals surface area contributed by atoms with Crippen molar-refractivity contribution in [3.8, 4) is 0 Å². The van der Waals surface area contributed by atoms with Crippen LogP contribution in [0.15, 0.2) is 18.2 Å². The second kappa shape index (κ2) is 6.81. The first-order valence-electron chi connectivity index (χ1n) is 5.95. The number of alkyl halides is 7. The molecular weight excluding hydrogens is 366 g/mol. The van der Waals surface area contributed by atoms with Gasteiger partial charge in [-0.25, -0.2) is 0 Å². The Kier molecular flexibility index (Phi) is 5.83. The monoisotopic (exact) mass is 376 g/mol. The van der Waals surface area contributed by atoms with Crippen LogP contribution in [0.1, 0.15) is 40.7 Å². The van der Waals surface area contributed by atoms with Crippen LogP contribution < -0.4 is 0 Å². The van der Waals surface area contributed by atoms with Gasteiger partial charge in [0, 0.05) is 17.3 Å². The van der Waals surface area contributed by atoms with Gasteiger partial charge in [0.25, 0.3) is 0 Å². The van der Waals surface area contributed by atoms with Crippen molar-refractivity contribution >= 4 is 21.7 Å². The Morgan fingerprint density at radius 1 is 1.00 bits per heavy atom. The molecular formula is C13H11BrF6O. The minimum atomic E-state index is -4.87. The zero-order valence-corrected chi connectivity index (χ0v) is 12.2. The van der Waals surface area contributed by atoms with Crippen LogP contribution in [0, 0.1) is 0 Å². The van der Waals surface area contributed by atoms with E-state index in [2.05, 4.69) is 15.9 Å². The SMILES string of the molecule is O=C(CCCCBr)c1cc(C(F)(F)F)ccc1C(F)(F)F. The Hall–Kier alpha value is -1.05. The summed E-state index contributed by atoms with van der Waals surface area (Å²) in [6.07, 6.45) is -9.04. The molecule has 0 radical (unpaired) electrons. The normalized spacial score (nSPS) is 12.5. The lowest BCUT2D eigenvalue weighted by atomic mass is 9.97. The minimum Gasteiger partial charge on any atom is -0.294 e. The maximum absolute atomic E-state index is 12.8. The van der Waals surface area contributed by atoms with E-state index in [-0.39, 0.29) is 12.5 Å². The first-order chi connectivity index (χ1) is 9.57. The van der Waals surface area contributed by atoms with Gasteiger partial charge in [-0.1, -0.05) is 15.9 Å². The minimum absolute atomic E-state index is 0.226. The topological polar surface area (TPSA) is 17.1 Å². The molecule has 0 fully saturated rings. The van der Waals surface area contributed by atoms with E-state index < -0.39 is 34.8 Å². The molecule has 0 N–H and O–H groups in total. The van der Waals surface area contributed by atoms with Gasteiger partial charge in [-0.2, -0.15) is 26.3 Å².